The monoisotopic (exact) mass is 292 g/mol. The second-order valence-electron chi connectivity index (χ2n) is 8.17. The fourth-order valence-corrected chi connectivity index (χ4v) is 5.03. The summed E-state index contributed by atoms with van der Waals surface area (Å²) in [5, 5.41) is 3.70. The molecule has 0 aromatic carbocycles. The van der Waals surface area contributed by atoms with Crippen LogP contribution in [0.3, 0.4) is 0 Å². The molecule has 1 aliphatic carbocycles. The van der Waals surface area contributed by atoms with Crippen molar-refractivity contribution in [3.8, 4) is 0 Å². The molecule has 2 saturated heterocycles. The molecule has 1 saturated carbocycles. The Morgan fingerprint density at radius 2 is 1.81 bits per heavy atom. The van der Waals surface area contributed by atoms with E-state index in [1.807, 2.05) is 0 Å². The van der Waals surface area contributed by atoms with E-state index in [4.69, 9.17) is 0 Å². The van der Waals surface area contributed by atoms with E-state index in [1.165, 1.54) is 44.9 Å². The van der Waals surface area contributed by atoms with Crippen molar-refractivity contribution in [1.29, 1.82) is 0 Å². The van der Waals surface area contributed by atoms with E-state index >= 15 is 0 Å². The van der Waals surface area contributed by atoms with Gasteiger partial charge in [0.2, 0.25) is 5.91 Å². The van der Waals surface area contributed by atoms with Gasteiger partial charge in [0.05, 0.1) is 0 Å². The van der Waals surface area contributed by atoms with Gasteiger partial charge in [0.1, 0.15) is 0 Å². The molecule has 0 aromatic heterocycles. The Balaban J connectivity index is 1.71. The van der Waals surface area contributed by atoms with Gasteiger partial charge in [-0.2, -0.15) is 0 Å². The maximum Gasteiger partial charge on any atom is 0.226 e. The van der Waals surface area contributed by atoms with Gasteiger partial charge >= 0.3 is 0 Å². The maximum atomic E-state index is 13.2. The molecule has 0 aromatic rings. The number of carbonyl (C=O) groups is 1. The number of hydrogen-bond donors (Lipinski definition) is 1. The van der Waals surface area contributed by atoms with E-state index < -0.39 is 0 Å². The van der Waals surface area contributed by atoms with Crippen LogP contribution in [0.25, 0.3) is 0 Å². The Hall–Kier alpha value is -0.570. The van der Waals surface area contributed by atoms with E-state index in [9.17, 15) is 4.79 Å². The summed E-state index contributed by atoms with van der Waals surface area (Å²) in [6.45, 7) is 7.65. The van der Waals surface area contributed by atoms with Crippen LogP contribution in [-0.4, -0.2) is 35.5 Å². The van der Waals surface area contributed by atoms with E-state index in [0.29, 0.717) is 24.0 Å². The Morgan fingerprint density at radius 3 is 2.38 bits per heavy atom. The van der Waals surface area contributed by atoms with Crippen LogP contribution in [0.5, 0.6) is 0 Å². The predicted octanol–water partition coefficient (Wildman–Crippen LogP) is 3.33. The van der Waals surface area contributed by atoms with Crippen LogP contribution in [0.4, 0.5) is 0 Å². The number of hydrogen-bond acceptors (Lipinski definition) is 2. The van der Waals surface area contributed by atoms with Crippen molar-refractivity contribution < 1.29 is 4.79 Å². The topological polar surface area (TPSA) is 32.3 Å². The van der Waals surface area contributed by atoms with Crippen molar-refractivity contribution in [2.24, 2.45) is 11.3 Å². The zero-order valence-corrected chi connectivity index (χ0v) is 14.0. The zero-order chi connectivity index (χ0) is 15.0. The minimum atomic E-state index is 0.189. The molecule has 1 N–H and O–H groups in total. The third-order valence-electron chi connectivity index (χ3n) is 6.32. The molecule has 3 unspecified atom stereocenters. The summed E-state index contributed by atoms with van der Waals surface area (Å²) in [7, 11) is 0. The van der Waals surface area contributed by atoms with Gasteiger partial charge in [-0.3, -0.25) is 4.79 Å². The second-order valence-corrected chi connectivity index (χ2v) is 8.17. The first-order valence-corrected chi connectivity index (χ1v) is 9.08. The first-order valence-electron chi connectivity index (χ1n) is 9.08. The number of rotatable bonds is 3. The predicted molar refractivity (Wildman–Crippen MR) is 86.1 cm³/mol. The molecular weight excluding hydrogens is 260 g/mol. The van der Waals surface area contributed by atoms with E-state index in [0.717, 1.165) is 13.0 Å². The first-order chi connectivity index (χ1) is 10.0. The number of piperidine rings is 1. The molecular formula is C18H32N2O. The average molecular weight is 292 g/mol. The number of nitrogens with one attached hydrogen (secondary N) is 1. The highest BCUT2D eigenvalue weighted by molar-refractivity contribution is 5.80. The third-order valence-corrected chi connectivity index (χ3v) is 6.32. The Bertz CT molecular complexity index is 381. The van der Waals surface area contributed by atoms with Gasteiger partial charge in [0.15, 0.2) is 0 Å². The molecule has 2 aliphatic heterocycles. The molecule has 0 spiro atoms. The fraction of sp³-hybridized carbons (Fsp3) is 0.944. The quantitative estimate of drug-likeness (QED) is 0.865. The third kappa shape index (κ3) is 2.99. The molecule has 1 amide bonds. The standard InChI is InChI=1S/C18H32N2O/c1-4-20(15-11-13-8-9-14(12-15)19-13)17(21)16-7-5-6-10-18(16,2)3/h13-16,19H,4-12H2,1-3H3. The SMILES string of the molecule is CCN(C(=O)C1CCCCC1(C)C)C1CC2CCC(C1)N2. The highest BCUT2D eigenvalue weighted by atomic mass is 16.2. The number of nitrogens with zero attached hydrogens (tertiary/aromatic N) is 1. The van der Waals surface area contributed by atoms with Gasteiger partial charge < -0.3 is 10.2 Å². The molecule has 3 aliphatic rings. The van der Waals surface area contributed by atoms with Gasteiger partial charge in [0, 0.05) is 30.6 Å². The fourth-order valence-electron chi connectivity index (χ4n) is 5.03. The van der Waals surface area contributed by atoms with Crippen LogP contribution >= 0.6 is 0 Å². The number of fused-ring (bicyclic) bond motifs is 2. The van der Waals surface area contributed by atoms with Crippen molar-refractivity contribution in [3.05, 3.63) is 0 Å². The van der Waals surface area contributed by atoms with Crippen LogP contribution < -0.4 is 5.32 Å². The summed E-state index contributed by atoms with van der Waals surface area (Å²) in [4.78, 5) is 15.4. The number of carbonyl (C=O) groups excluding carboxylic acids is 1. The van der Waals surface area contributed by atoms with Crippen molar-refractivity contribution in [3.63, 3.8) is 0 Å². The van der Waals surface area contributed by atoms with Gasteiger partial charge in [-0.1, -0.05) is 26.7 Å². The molecule has 3 nitrogen and oxygen atoms in total. The van der Waals surface area contributed by atoms with Gasteiger partial charge in [0.25, 0.3) is 0 Å². The van der Waals surface area contributed by atoms with Gasteiger partial charge in [-0.05, 0) is 50.9 Å². The molecule has 120 valence electrons. The summed E-state index contributed by atoms with van der Waals surface area (Å²) in [6, 6.07) is 1.81. The summed E-state index contributed by atoms with van der Waals surface area (Å²) in [5.74, 6) is 0.701. The van der Waals surface area contributed by atoms with E-state index in [2.05, 4.69) is 31.0 Å². The number of amides is 1. The van der Waals surface area contributed by atoms with Crippen molar-refractivity contribution >= 4 is 5.91 Å². The lowest BCUT2D eigenvalue weighted by atomic mass is 9.68. The highest BCUT2D eigenvalue weighted by Gasteiger charge is 2.43. The lowest BCUT2D eigenvalue weighted by Gasteiger charge is -2.44. The maximum absolute atomic E-state index is 13.2. The molecule has 3 heteroatoms. The largest absolute Gasteiger partial charge is 0.340 e. The summed E-state index contributed by atoms with van der Waals surface area (Å²) < 4.78 is 0. The van der Waals surface area contributed by atoms with E-state index in [1.54, 1.807) is 0 Å². The molecule has 21 heavy (non-hydrogen) atoms. The minimum absolute atomic E-state index is 0.189. The van der Waals surface area contributed by atoms with Crippen LogP contribution in [0.2, 0.25) is 0 Å². The highest BCUT2D eigenvalue weighted by Crippen LogP contribution is 2.42. The van der Waals surface area contributed by atoms with Gasteiger partial charge in [-0.25, -0.2) is 0 Å². The summed E-state index contributed by atoms with van der Waals surface area (Å²) in [5.41, 5.74) is 0.189. The lowest BCUT2D eigenvalue weighted by Crippen LogP contribution is -2.53. The minimum Gasteiger partial charge on any atom is -0.340 e. The van der Waals surface area contributed by atoms with Crippen LogP contribution in [0.1, 0.15) is 72.1 Å². The summed E-state index contributed by atoms with van der Waals surface area (Å²) in [6.07, 6.45) is 9.78. The molecule has 3 fully saturated rings. The molecule has 2 heterocycles. The first kappa shape index (κ1) is 15.3. The molecule has 2 bridgehead atoms. The Kier molecular flexibility index (Phi) is 4.31. The van der Waals surface area contributed by atoms with Gasteiger partial charge in [-0.15, -0.1) is 0 Å². The van der Waals surface area contributed by atoms with Crippen molar-refractivity contribution in [2.45, 2.75) is 90.3 Å². The zero-order valence-electron chi connectivity index (χ0n) is 14.0. The molecule has 3 rings (SSSR count). The van der Waals surface area contributed by atoms with Crippen LogP contribution in [0, 0.1) is 11.3 Å². The average Bonchev–Trinajstić information content (AvgIpc) is 2.78. The van der Waals surface area contributed by atoms with Crippen molar-refractivity contribution in [1.82, 2.24) is 10.2 Å². The Labute approximate surface area is 129 Å². The molecule has 0 radical (unpaired) electrons. The normalized spacial score (nSPS) is 38.2. The van der Waals surface area contributed by atoms with Crippen LogP contribution in [-0.2, 0) is 4.79 Å². The lowest BCUT2D eigenvalue weighted by molar-refractivity contribution is -0.144. The van der Waals surface area contributed by atoms with Crippen molar-refractivity contribution in [2.75, 3.05) is 6.54 Å². The smallest absolute Gasteiger partial charge is 0.226 e. The Morgan fingerprint density at radius 1 is 1.14 bits per heavy atom. The molecule has 3 atom stereocenters. The second kappa shape index (κ2) is 5.91. The summed E-state index contributed by atoms with van der Waals surface area (Å²) >= 11 is 0. The van der Waals surface area contributed by atoms with Crippen LogP contribution in [0.15, 0.2) is 0 Å². The van der Waals surface area contributed by atoms with E-state index in [-0.39, 0.29) is 11.3 Å².